The first-order valence-electron chi connectivity index (χ1n) is 6.44. The van der Waals surface area contributed by atoms with Gasteiger partial charge in [0.25, 0.3) is 0 Å². The maximum absolute atomic E-state index is 11.6. The fourth-order valence-corrected chi connectivity index (χ4v) is 2.29. The molecular formula is C16H13N3O2. The van der Waals surface area contributed by atoms with Gasteiger partial charge >= 0.3 is 6.09 Å². The van der Waals surface area contributed by atoms with Gasteiger partial charge in [0.15, 0.2) is 0 Å². The number of hydrogen-bond acceptors (Lipinski definition) is 3. The zero-order valence-corrected chi connectivity index (χ0v) is 11.7. The smallest absolute Gasteiger partial charge is 0.409 e. The molecule has 21 heavy (non-hydrogen) atoms. The van der Waals surface area contributed by atoms with Gasteiger partial charge in [-0.25, -0.2) is 4.79 Å². The van der Waals surface area contributed by atoms with Gasteiger partial charge < -0.3 is 14.0 Å². The van der Waals surface area contributed by atoms with Gasteiger partial charge in [-0.1, -0.05) is 18.2 Å². The summed E-state index contributed by atoms with van der Waals surface area (Å²) in [6.45, 7) is 0. The highest BCUT2D eigenvalue weighted by Crippen LogP contribution is 2.28. The molecule has 0 atom stereocenters. The molecule has 0 bridgehead atoms. The predicted octanol–water partition coefficient (Wildman–Crippen LogP) is 3.02. The average Bonchev–Trinajstić information content (AvgIpc) is 2.80. The van der Waals surface area contributed by atoms with Crippen molar-refractivity contribution >= 4 is 22.5 Å². The molecule has 0 aliphatic rings. The summed E-state index contributed by atoms with van der Waals surface area (Å²) in [6, 6.07) is 13.4. The molecule has 2 heterocycles. The van der Waals surface area contributed by atoms with Crippen molar-refractivity contribution in [3.05, 3.63) is 48.2 Å². The molecule has 3 aromatic rings. The highest BCUT2D eigenvalue weighted by atomic mass is 16.6. The highest BCUT2D eigenvalue weighted by molar-refractivity contribution is 5.95. The largest absolute Gasteiger partial charge is 0.414 e. The highest BCUT2D eigenvalue weighted by Gasteiger charge is 2.13. The van der Waals surface area contributed by atoms with Crippen molar-refractivity contribution in [1.29, 1.82) is 5.26 Å². The van der Waals surface area contributed by atoms with Gasteiger partial charge in [0, 0.05) is 19.5 Å². The molecule has 0 spiro atoms. The van der Waals surface area contributed by atoms with E-state index < -0.39 is 6.09 Å². The van der Waals surface area contributed by atoms with Crippen molar-refractivity contribution in [3.63, 3.8) is 0 Å². The Balaban J connectivity index is 2.20. The van der Waals surface area contributed by atoms with Crippen LogP contribution in [0.2, 0.25) is 0 Å². The molecule has 1 aromatic carbocycles. The summed E-state index contributed by atoms with van der Waals surface area (Å²) in [7, 11) is 3.25. The number of carbonyl (C=O) groups excluding carboxylic acids is 1. The van der Waals surface area contributed by atoms with Crippen molar-refractivity contribution in [3.8, 4) is 11.8 Å². The van der Waals surface area contributed by atoms with E-state index in [-0.39, 0.29) is 0 Å². The van der Waals surface area contributed by atoms with Crippen molar-refractivity contribution in [1.82, 2.24) is 9.30 Å². The van der Waals surface area contributed by atoms with Crippen LogP contribution in [0.1, 0.15) is 5.56 Å². The number of ether oxygens (including phenoxy) is 1. The van der Waals surface area contributed by atoms with Crippen LogP contribution in [-0.4, -0.2) is 29.5 Å². The van der Waals surface area contributed by atoms with Crippen molar-refractivity contribution in [2.75, 3.05) is 14.1 Å². The molecule has 1 amide bonds. The number of hydrogen-bond donors (Lipinski definition) is 0. The molecule has 5 heteroatoms. The number of aromatic nitrogens is 1. The van der Waals surface area contributed by atoms with Crippen LogP contribution in [0.15, 0.2) is 42.6 Å². The van der Waals surface area contributed by atoms with Crippen LogP contribution in [0, 0.1) is 11.3 Å². The van der Waals surface area contributed by atoms with Crippen LogP contribution < -0.4 is 4.74 Å². The second kappa shape index (κ2) is 4.84. The van der Waals surface area contributed by atoms with Gasteiger partial charge in [-0.2, -0.15) is 5.26 Å². The first kappa shape index (κ1) is 13.0. The Kier molecular flexibility index (Phi) is 2.99. The summed E-state index contributed by atoms with van der Waals surface area (Å²) < 4.78 is 7.13. The summed E-state index contributed by atoms with van der Waals surface area (Å²) in [5.41, 5.74) is 2.33. The zero-order chi connectivity index (χ0) is 15.0. The molecule has 0 fully saturated rings. The van der Waals surface area contributed by atoms with Crippen LogP contribution >= 0.6 is 0 Å². The topological polar surface area (TPSA) is 57.7 Å². The number of carbonyl (C=O) groups is 1. The number of fused-ring (bicyclic) bond motifs is 3. The maximum atomic E-state index is 11.6. The molecule has 0 N–H and O–H groups in total. The van der Waals surface area contributed by atoms with Gasteiger partial charge in [0.1, 0.15) is 11.8 Å². The number of nitrogens with zero attached hydrogens (tertiary/aromatic N) is 3. The second-order valence-corrected chi connectivity index (χ2v) is 4.89. The number of para-hydroxylation sites is 1. The van der Waals surface area contributed by atoms with E-state index in [4.69, 9.17) is 4.74 Å². The minimum atomic E-state index is -0.439. The molecule has 0 unspecified atom stereocenters. The number of rotatable bonds is 1. The first-order valence-corrected chi connectivity index (χ1v) is 6.44. The summed E-state index contributed by atoms with van der Waals surface area (Å²) in [5.74, 6) is 0.437. The van der Waals surface area contributed by atoms with E-state index in [1.807, 2.05) is 28.7 Å². The van der Waals surface area contributed by atoms with Gasteiger partial charge in [-0.15, -0.1) is 0 Å². The Bertz CT molecular complexity index is 888. The van der Waals surface area contributed by atoms with E-state index >= 15 is 0 Å². The second-order valence-electron chi connectivity index (χ2n) is 4.89. The van der Waals surface area contributed by atoms with Gasteiger partial charge in [0.2, 0.25) is 0 Å². The van der Waals surface area contributed by atoms with E-state index in [1.54, 1.807) is 32.4 Å². The lowest BCUT2D eigenvalue weighted by molar-refractivity contribution is 0.171. The first-order chi connectivity index (χ1) is 10.1. The van der Waals surface area contributed by atoms with Crippen LogP contribution in [0.25, 0.3) is 16.4 Å². The molecule has 0 radical (unpaired) electrons. The lowest BCUT2D eigenvalue weighted by Crippen LogP contribution is -2.25. The zero-order valence-electron chi connectivity index (χ0n) is 11.7. The van der Waals surface area contributed by atoms with Gasteiger partial charge in [-0.3, -0.25) is 0 Å². The minimum Gasteiger partial charge on any atom is -0.409 e. The Hall–Kier alpha value is -3.00. The summed E-state index contributed by atoms with van der Waals surface area (Å²) in [4.78, 5) is 13.0. The van der Waals surface area contributed by atoms with E-state index in [1.165, 1.54) is 4.90 Å². The fourth-order valence-electron chi connectivity index (χ4n) is 2.29. The molecule has 0 saturated heterocycles. The Labute approximate surface area is 121 Å². The average molecular weight is 279 g/mol. The van der Waals surface area contributed by atoms with Gasteiger partial charge in [-0.05, 0) is 18.2 Å². The summed E-state index contributed by atoms with van der Waals surface area (Å²) in [5, 5.41) is 10.2. The van der Waals surface area contributed by atoms with Gasteiger partial charge in [0.05, 0.1) is 22.8 Å². The van der Waals surface area contributed by atoms with E-state index in [0.29, 0.717) is 11.3 Å². The van der Waals surface area contributed by atoms with Crippen molar-refractivity contribution < 1.29 is 9.53 Å². The predicted molar refractivity (Wildman–Crippen MR) is 79.3 cm³/mol. The van der Waals surface area contributed by atoms with Crippen LogP contribution in [-0.2, 0) is 0 Å². The number of nitriles is 1. The quantitative estimate of drug-likeness (QED) is 0.688. The Morgan fingerprint density at radius 1 is 1.19 bits per heavy atom. The Morgan fingerprint density at radius 3 is 2.67 bits per heavy atom. The lowest BCUT2D eigenvalue weighted by Gasteiger charge is -2.11. The Morgan fingerprint density at radius 2 is 1.95 bits per heavy atom. The number of pyridine rings is 1. The van der Waals surface area contributed by atoms with E-state index in [0.717, 1.165) is 16.4 Å². The summed E-state index contributed by atoms with van der Waals surface area (Å²) >= 11 is 0. The molecular weight excluding hydrogens is 266 g/mol. The monoisotopic (exact) mass is 279 g/mol. The normalized spacial score (nSPS) is 10.5. The van der Waals surface area contributed by atoms with Crippen molar-refractivity contribution in [2.24, 2.45) is 0 Å². The van der Waals surface area contributed by atoms with Crippen molar-refractivity contribution in [2.45, 2.75) is 0 Å². The molecule has 5 nitrogen and oxygen atoms in total. The van der Waals surface area contributed by atoms with Crippen LogP contribution in [0.3, 0.4) is 0 Å². The number of amides is 1. The minimum absolute atomic E-state index is 0.437. The van der Waals surface area contributed by atoms with Crippen LogP contribution in [0.5, 0.6) is 5.75 Å². The molecule has 3 rings (SSSR count). The number of benzene rings is 1. The molecule has 0 saturated carbocycles. The fraction of sp³-hybridized carbons (Fsp3) is 0.125. The summed E-state index contributed by atoms with van der Waals surface area (Å²) in [6.07, 6.45) is 1.28. The SMILES string of the molecule is CN(C)C(=O)Oc1ccc2c(C#N)c3ccccc3n2c1. The third kappa shape index (κ3) is 2.07. The van der Waals surface area contributed by atoms with Crippen LogP contribution in [0.4, 0.5) is 4.79 Å². The molecule has 0 aliphatic carbocycles. The standard InChI is InChI=1S/C16H13N3O2/c1-18(2)16(20)21-11-7-8-15-13(9-17)12-5-3-4-6-14(12)19(15)10-11/h3-8,10H,1-2H3. The third-order valence-corrected chi connectivity index (χ3v) is 3.29. The molecule has 2 aromatic heterocycles. The molecule has 0 aliphatic heterocycles. The third-order valence-electron chi connectivity index (χ3n) is 3.29. The van der Waals surface area contributed by atoms with E-state index in [9.17, 15) is 10.1 Å². The maximum Gasteiger partial charge on any atom is 0.414 e. The molecule has 104 valence electrons. The lowest BCUT2D eigenvalue weighted by atomic mass is 10.2. The van der Waals surface area contributed by atoms with E-state index in [2.05, 4.69) is 6.07 Å².